The van der Waals surface area contributed by atoms with E-state index in [1.807, 2.05) is 18.2 Å². The van der Waals surface area contributed by atoms with Crippen molar-refractivity contribution in [2.24, 2.45) is 0 Å². The molecule has 0 aliphatic carbocycles. The first-order valence-electron chi connectivity index (χ1n) is 8.35. The van der Waals surface area contributed by atoms with Crippen molar-refractivity contribution in [2.75, 3.05) is 5.32 Å². The third-order valence-corrected chi connectivity index (χ3v) is 4.39. The number of H-pyrrole nitrogens is 1. The molecule has 0 amide bonds. The lowest BCUT2D eigenvalue weighted by molar-refractivity contribution is -0.222. The molecule has 3 heterocycles. The maximum atomic E-state index is 12.0. The van der Waals surface area contributed by atoms with Crippen LogP contribution in [0.4, 0.5) is 5.69 Å². The van der Waals surface area contributed by atoms with E-state index in [9.17, 15) is 9.59 Å². The smallest absolute Gasteiger partial charge is 0.350 e. The van der Waals surface area contributed by atoms with Gasteiger partial charge in [-0.15, -0.1) is 0 Å². The highest BCUT2D eigenvalue weighted by molar-refractivity contribution is 9.10. The molecule has 2 N–H and O–H groups in total. The Morgan fingerprint density at radius 1 is 1.14 bits per heavy atom. The van der Waals surface area contributed by atoms with Crippen molar-refractivity contribution in [3.05, 3.63) is 52.9 Å². The van der Waals surface area contributed by atoms with E-state index in [4.69, 9.17) is 9.47 Å². The van der Waals surface area contributed by atoms with Crippen LogP contribution in [0, 0.1) is 0 Å². The fraction of sp³-hybridized carbons (Fsp3) is 0.158. The van der Waals surface area contributed by atoms with Crippen LogP contribution in [-0.4, -0.2) is 32.7 Å². The highest BCUT2D eigenvalue weighted by Gasteiger charge is 2.38. The third kappa shape index (κ3) is 3.61. The van der Waals surface area contributed by atoms with E-state index < -0.39 is 17.7 Å². The number of carbonyl (C=O) groups excluding carboxylic acids is 2. The molecule has 0 atom stereocenters. The van der Waals surface area contributed by atoms with Crippen LogP contribution in [0.15, 0.2) is 52.9 Å². The van der Waals surface area contributed by atoms with Crippen molar-refractivity contribution in [1.29, 1.82) is 0 Å². The number of ether oxygens (including phenoxy) is 2. The highest BCUT2D eigenvalue weighted by atomic mass is 79.9. The topological polar surface area (TPSA) is 106 Å². The van der Waals surface area contributed by atoms with Gasteiger partial charge in [0.2, 0.25) is 0 Å². The summed E-state index contributed by atoms with van der Waals surface area (Å²) in [5.74, 6) is -2.06. The van der Waals surface area contributed by atoms with Gasteiger partial charge < -0.3 is 19.8 Å². The molecule has 9 heteroatoms. The number of rotatable bonds is 3. The van der Waals surface area contributed by atoms with Crippen molar-refractivity contribution in [1.82, 2.24) is 15.0 Å². The summed E-state index contributed by atoms with van der Waals surface area (Å²) in [4.78, 5) is 35.9. The number of nitrogens with zero attached hydrogens (tertiary/aromatic N) is 2. The number of esters is 2. The average molecular weight is 443 g/mol. The second-order valence-electron chi connectivity index (χ2n) is 6.59. The predicted octanol–water partition coefficient (Wildman–Crippen LogP) is 3.52. The minimum atomic E-state index is -1.27. The number of anilines is 1. The lowest BCUT2D eigenvalue weighted by Crippen LogP contribution is -2.42. The molecular formula is C19H15BrN4O4. The van der Waals surface area contributed by atoms with Gasteiger partial charge in [0.25, 0.3) is 5.79 Å². The number of cyclic esters (lactones) is 2. The van der Waals surface area contributed by atoms with Crippen LogP contribution in [0.2, 0.25) is 0 Å². The van der Waals surface area contributed by atoms with E-state index in [0.717, 1.165) is 21.1 Å². The number of nitrogens with one attached hydrogen (secondary N) is 2. The number of carbonyl (C=O) groups is 2. The summed E-state index contributed by atoms with van der Waals surface area (Å²) < 4.78 is 11.0. The monoisotopic (exact) mass is 442 g/mol. The molecule has 8 nitrogen and oxygen atoms in total. The quantitative estimate of drug-likeness (QED) is 0.363. The van der Waals surface area contributed by atoms with Gasteiger partial charge in [-0.1, -0.05) is 0 Å². The van der Waals surface area contributed by atoms with E-state index >= 15 is 0 Å². The summed E-state index contributed by atoms with van der Waals surface area (Å²) in [7, 11) is 0. The van der Waals surface area contributed by atoms with Crippen LogP contribution in [0.1, 0.15) is 13.8 Å². The summed E-state index contributed by atoms with van der Waals surface area (Å²) in [6, 6.07) is 7.34. The van der Waals surface area contributed by atoms with Gasteiger partial charge in [-0.3, -0.25) is 4.98 Å². The lowest BCUT2D eigenvalue weighted by atomic mass is 10.2. The van der Waals surface area contributed by atoms with E-state index in [-0.39, 0.29) is 5.57 Å². The van der Waals surface area contributed by atoms with Gasteiger partial charge in [0, 0.05) is 48.2 Å². The summed E-state index contributed by atoms with van der Waals surface area (Å²) in [6.45, 7) is 3.00. The van der Waals surface area contributed by atoms with Crippen molar-refractivity contribution >= 4 is 44.6 Å². The Bertz CT molecular complexity index is 1110. The minimum Gasteiger partial charge on any atom is -0.419 e. The molecular weight excluding hydrogens is 428 g/mol. The summed E-state index contributed by atoms with van der Waals surface area (Å²) in [5, 5.41) is 2.92. The van der Waals surface area contributed by atoms with Crippen LogP contribution < -0.4 is 5.32 Å². The molecule has 1 saturated heterocycles. The maximum absolute atomic E-state index is 12.0. The van der Waals surface area contributed by atoms with E-state index in [0.29, 0.717) is 11.5 Å². The van der Waals surface area contributed by atoms with E-state index in [1.165, 1.54) is 20.0 Å². The Kier molecular flexibility index (Phi) is 4.38. The Morgan fingerprint density at radius 2 is 1.89 bits per heavy atom. The number of halogens is 1. The standard InChI is InChI=1S/C19H15BrN4O4/c1-19(2)27-17(25)13(18(26)28-19)9-22-12-3-4-14-15(6-12)24-16(23-14)10-5-11(20)8-21-7-10/h3-9,22H,1-2H3,(H,23,24). The number of imidazole rings is 1. The van der Waals surface area contributed by atoms with Crippen molar-refractivity contribution in [3.8, 4) is 11.4 Å². The number of hydrogen-bond donors (Lipinski definition) is 2. The van der Waals surface area contributed by atoms with Crippen LogP contribution in [0.5, 0.6) is 0 Å². The van der Waals surface area contributed by atoms with Gasteiger partial charge in [-0.05, 0) is 40.2 Å². The fourth-order valence-corrected chi connectivity index (χ4v) is 3.08. The molecule has 0 bridgehead atoms. The Hall–Kier alpha value is -3.20. The fourth-order valence-electron chi connectivity index (χ4n) is 2.71. The Morgan fingerprint density at radius 3 is 2.61 bits per heavy atom. The van der Waals surface area contributed by atoms with Gasteiger partial charge in [0.1, 0.15) is 5.82 Å². The Balaban J connectivity index is 1.59. The highest BCUT2D eigenvalue weighted by Crippen LogP contribution is 2.25. The molecule has 0 radical (unpaired) electrons. The molecule has 1 fully saturated rings. The zero-order valence-electron chi connectivity index (χ0n) is 14.9. The maximum Gasteiger partial charge on any atom is 0.350 e. The molecule has 28 heavy (non-hydrogen) atoms. The molecule has 0 unspecified atom stereocenters. The average Bonchev–Trinajstić information content (AvgIpc) is 3.03. The van der Waals surface area contributed by atoms with Crippen molar-refractivity contribution in [3.63, 3.8) is 0 Å². The minimum absolute atomic E-state index is 0.204. The number of benzene rings is 1. The third-order valence-electron chi connectivity index (χ3n) is 3.96. The molecule has 1 aliphatic rings. The van der Waals surface area contributed by atoms with Crippen LogP contribution in [0.3, 0.4) is 0 Å². The first-order valence-corrected chi connectivity index (χ1v) is 9.14. The molecule has 0 spiro atoms. The summed E-state index contributed by atoms with van der Waals surface area (Å²) in [6.07, 6.45) is 4.69. The molecule has 142 valence electrons. The van der Waals surface area contributed by atoms with Gasteiger partial charge in [-0.2, -0.15) is 0 Å². The number of fused-ring (bicyclic) bond motifs is 1. The number of aromatic amines is 1. The molecule has 3 aromatic rings. The van der Waals surface area contributed by atoms with E-state index in [2.05, 4.69) is 36.2 Å². The molecule has 0 saturated carbocycles. The Labute approximate surface area is 168 Å². The molecule has 1 aliphatic heterocycles. The van der Waals surface area contributed by atoms with Crippen molar-refractivity contribution < 1.29 is 19.1 Å². The van der Waals surface area contributed by atoms with Gasteiger partial charge in [0.15, 0.2) is 5.57 Å². The van der Waals surface area contributed by atoms with Gasteiger partial charge in [-0.25, -0.2) is 14.6 Å². The van der Waals surface area contributed by atoms with Crippen LogP contribution in [0.25, 0.3) is 22.4 Å². The molecule has 2 aromatic heterocycles. The van der Waals surface area contributed by atoms with Crippen LogP contribution >= 0.6 is 15.9 Å². The predicted molar refractivity (Wildman–Crippen MR) is 105 cm³/mol. The van der Waals surface area contributed by atoms with Crippen LogP contribution in [-0.2, 0) is 19.1 Å². The normalized spacial score (nSPS) is 15.9. The second-order valence-corrected chi connectivity index (χ2v) is 7.51. The SMILES string of the molecule is CC1(C)OC(=O)C(=CNc2ccc3nc(-c4cncc(Br)c4)[nH]c3c2)C(=O)O1. The first kappa shape index (κ1) is 18.2. The molecule has 1 aromatic carbocycles. The molecule has 4 rings (SSSR count). The lowest BCUT2D eigenvalue weighted by Gasteiger charge is -2.29. The second kappa shape index (κ2) is 6.75. The van der Waals surface area contributed by atoms with E-state index in [1.54, 1.807) is 18.5 Å². The first-order chi connectivity index (χ1) is 13.3. The number of hydrogen-bond acceptors (Lipinski definition) is 7. The summed E-state index contributed by atoms with van der Waals surface area (Å²) in [5.41, 5.74) is 2.86. The van der Waals surface area contributed by atoms with Gasteiger partial charge in [0.05, 0.1) is 11.0 Å². The van der Waals surface area contributed by atoms with Crippen molar-refractivity contribution in [2.45, 2.75) is 19.6 Å². The number of pyridine rings is 1. The summed E-state index contributed by atoms with van der Waals surface area (Å²) >= 11 is 3.39. The zero-order valence-corrected chi connectivity index (χ0v) is 16.5. The van der Waals surface area contributed by atoms with Gasteiger partial charge >= 0.3 is 11.9 Å². The number of aromatic nitrogens is 3. The zero-order chi connectivity index (χ0) is 19.9. The largest absolute Gasteiger partial charge is 0.419 e.